The average molecular weight is 332 g/mol. The highest BCUT2D eigenvalue weighted by atomic mass is 19.4. The molecule has 0 unspecified atom stereocenters. The zero-order valence-corrected chi connectivity index (χ0v) is 11.7. The normalized spacial score (nSPS) is 22.1. The Morgan fingerprint density at radius 2 is 2.22 bits per heavy atom. The van der Waals surface area contributed by atoms with E-state index < -0.39 is 37.6 Å². The minimum atomic E-state index is -4.61. The molecule has 0 saturated heterocycles. The summed E-state index contributed by atoms with van der Waals surface area (Å²) < 4.78 is 75.6. The summed E-state index contributed by atoms with van der Waals surface area (Å²) in [6.07, 6.45) is -3.51. The number of aryl methyl sites for hydroxylation is 1. The molecule has 23 heavy (non-hydrogen) atoms. The van der Waals surface area contributed by atoms with Crippen LogP contribution in [0.4, 0.5) is 13.2 Å². The topological polar surface area (TPSA) is 73.4 Å². The van der Waals surface area contributed by atoms with Crippen LogP contribution in [0.5, 0.6) is 5.88 Å². The number of fused-ring (bicyclic) bond motifs is 3. The van der Waals surface area contributed by atoms with Crippen LogP contribution in [-0.4, -0.2) is 52.7 Å². The predicted molar refractivity (Wildman–Crippen MR) is 76.2 cm³/mol. The van der Waals surface area contributed by atoms with Gasteiger partial charge in [0.2, 0.25) is 5.88 Å². The summed E-state index contributed by atoms with van der Waals surface area (Å²) in [4.78, 5) is 17.1. The van der Waals surface area contributed by atoms with Gasteiger partial charge in [-0.25, -0.2) is 4.98 Å². The molecule has 124 valence electrons. The predicted octanol–water partition coefficient (Wildman–Crippen LogP) is 1.39. The summed E-state index contributed by atoms with van der Waals surface area (Å²) in [6.45, 7) is -7.39. The number of halogens is 3. The Hall–Kier alpha value is -2.29. The van der Waals surface area contributed by atoms with Crippen molar-refractivity contribution in [1.29, 1.82) is 0 Å². The Morgan fingerprint density at radius 3 is 2.91 bits per heavy atom. The smallest absolute Gasteiger partial charge is 0.422 e. The van der Waals surface area contributed by atoms with E-state index in [9.17, 15) is 18.0 Å². The van der Waals surface area contributed by atoms with Crippen molar-refractivity contribution in [2.45, 2.75) is 12.7 Å². The lowest BCUT2D eigenvalue weighted by molar-refractivity contribution is -0.153. The highest BCUT2D eigenvalue weighted by molar-refractivity contribution is 6.00. The Balaban J connectivity index is 2.20. The van der Waals surface area contributed by atoms with Crippen LogP contribution in [0.25, 0.3) is 10.9 Å². The van der Waals surface area contributed by atoms with Crippen LogP contribution in [0.3, 0.4) is 0 Å². The van der Waals surface area contributed by atoms with Crippen molar-refractivity contribution < 1.29 is 28.2 Å². The van der Waals surface area contributed by atoms with Crippen LogP contribution >= 0.6 is 0 Å². The monoisotopic (exact) mass is 332 g/mol. The number of ether oxygens (including phenoxy) is 1. The Bertz CT molecular complexity index is 900. The average Bonchev–Trinajstić information content (AvgIpc) is 2.96. The first-order chi connectivity index (χ1) is 12.4. The standard InChI is InChI=1S/C14H15F3N4O2/c15-14(16,17)8-23-12-9-7-11-13(22)20(4-2-18)5-6-21(11)10(9)1-3-19-12/h1,3,7H,2,4-6,8,18H2/i5D2,6D2. The molecule has 0 spiro atoms. The van der Waals surface area contributed by atoms with Gasteiger partial charge in [-0.05, 0) is 12.1 Å². The number of carbonyl (C=O) groups is 1. The van der Waals surface area contributed by atoms with Gasteiger partial charge in [0, 0.05) is 32.3 Å². The molecule has 0 radical (unpaired) electrons. The van der Waals surface area contributed by atoms with Gasteiger partial charge in [-0.2, -0.15) is 13.2 Å². The molecule has 1 aliphatic rings. The van der Waals surface area contributed by atoms with Crippen LogP contribution in [-0.2, 0) is 6.50 Å². The molecule has 0 fully saturated rings. The molecule has 0 saturated carbocycles. The maximum atomic E-state index is 12.7. The number of rotatable bonds is 4. The fourth-order valence-electron chi connectivity index (χ4n) is 2.24. The minimum Gasteiger partial charge on any atom is -0.468 e. The van der Waals surface area contributed by atoms with Gasteiger partial charge >= 0.3 is 6.18 Å². The summed E-state index contributed by atoms with van der Waals surface area (Å²) in [5.74, 6) is -1.26. The van der Waals surface area contributed by atoms with Gasteiger partial charge in [0.1, 0.15) is 5.69 Å². The first-order valence-corrected chi connectivity index (χ1v) is 6.64. The van der Waals surface area contributed by atoms with E-state index in [0.29, 0.717) is 4.90 Å². The molecule has 0 aromatic carbocycles. The molecule has 0 atom stereocenters. The lowest BCUT2D eigenvalue weighted by Crippen LogP contribution is -2.42. The highest BCUT2D eigenvalue weighted by Gasteiger charge is 2.30. The zero-order chi connectivity index (χ0) is 20.2. The van der Waals surface area contributed by atoms with E-state index in [0.717, 1.165) is 16.8 Å². The Labute approximate surface area is 135 Å². The first-order valence-electron chi connectivity index (χ1n) is 8.64. The number of amides is 1. The summed E-state index contributed by atoms with van der Waals surface area (Å²) in [5.41, 5.74) is 5.16. The van der Waals surface area contributed by atoms with Gasteiger partial charge in [0.15, 0.2) is 6.61 Å². The van der Waals surface area contributed by atoms with Crippen LogP contribution in [0.1, 0.15) is 16.0 Å². The number of alkyl halides is 3. The van der Waals surface area contributed by atoms with E-state index in [1.54, 1.807) is 0 Å². The third-order valence-electron chi connectivity index (χ3n) is 3.18. The van der Waals surface area contributed by atoms with Crippen LogP contribution in [0.2, 0.25) is 0 Å². The van der Waals surface area contributed by atoms with Gasteiger partial charge in [0.05, 0.1) is 16.4 Å². The van der Waals surface area contributed by atoms with E-state index >= 15 is 0 Å². The van der Waals surface area contributed by atoms with Gasteiger partial charge in [0.25, 0.3) is 5.91 Å². The van der Waals surface area contributed by atoms with Crippen LogP contribution in [0.15, 0.2) is 18.3 Å². The molecular formula is C14H15F3N4O2. The maximum absolute atomic E-state index is 12.7. The SMILES string of the molecule is [2H]C1([2H])N(CCN)C(=O)c2cc3c(OCC(F)(F)F)nccc3n2C1([2H])[2H]. The maximum Gasteiger partial charge on any atom is 0.422 e. The number of pyridine rings is 1. The molecule has 0 aliphatic carbocycles. The van der Waals surface area contributed by atoms with E-state index in [-0.39, 0.29) is 29.7 Å². The van der Waals surface area contributed by atoms with Crippen molar-refractivity contribution in [2.75, 3.05) is 26.2 Å². The number of hydrogen-bond donors (Lipinski definition) is 1. The largest absolute Gasteiger partial charge is 0.468 e. The van der Waals surface area contributed by atoms with Gasteiger partial charge in [-0.15, -0.1) is 0 Å². The van der Waals surface area contributed by atoms with E-state index in [1.807, 2.05) is 0 Å². The lowest BCUT2D eigenvalue weighted by Gasteiger charge is -2.28. The molecule has 6 nitrogen and oxygen atoms in total. The van der Waals surface area contributed by atoms with Crippen molar-refractivity contribution >= 4 is 16.8 Å². The summed E-state index contributed by atoms with van der Waals surface area (Å²) in [5, 5.41) is -0.0284. The van der Waals surface area contributed by atoms with Gasteiger partial charge in [-0.1, -0.05) is 0 Å². The molecule has 0 bridgehead atoms. The first kappa shape index (κ1) is 11.3. The van der Waals surface area contributed by atoms with Gasteiger partial charge < -0.3 is 19.9 Å². The van der Waals surface area contributed by atoms with Crippen LogP contribution < -0.4 is 10.5 Å². The molecule has 1 aliphatic heterocycles. The lowest BCUT2D eigenvalue weighted by atomic mass is 10.2. The quantitative estimate of drug-likeness (QED) is 0.918. The van der Waals surface area contributed by atoms with Crippen molar-refractivity contribution in [1.82, 2.24) is 14.5 Å². The Kier molecular flexibility index (Phi) is 2.81. The molecule has 1 amide bonds. The van der Waals surface area contributed by atoms with E-state index in [4.69, 9.17) is 11.2 Å². The highest BCUT2D eigenvalue weighted by Crippen LogP contribution is 2.30. The Morgan fingerprint density at radius 1 is 1.43 bits per heavy atom. The number of nitrogens with zero attached hydrogens (tertiary/aromatic N) is 3. The second kappa shape index (κ2) is 5.73. The van der Waals surface area contributed by atoms with Crippen molar-refractivity contribution in [2.24, 2.45) is 5.73 Å². The zero-order valence-electron chi connectivity index (χ0n) is 15.7. The number of carbonyl (C=O) groups excluding carboxylic acids is 1. The van der Waals surface area contributed by atoms with Crippen LogP contribution in [0, 0.1) is 0 Å². The third-order valence-corrected chi connectivity index (χ3v) is 3.18. The number of nitrogens with two attached hydrogens (primary N) is 1. The van der Waals surface area contributed by atoms with Gasteiger partial charge in [-0.3, -0.25) is 4.79 Å². The fraction of sp³-hybridized carbons (Fsp3) is 0.429. The number of aromatic nitrogens is 2. The van der Waals surface area contributed by atoms with Crippen molar-refractivity contribution in [3.8, 4) is 5.88 Å². The molecule has 3 heterocycles. The van der Waals surface area contributed by atoms with E-state index in [2.05, 4.69) is 9.72 Å². The van der Waals surface area contributed by atoms with Crippen molar-refractivity contribution in [3.63, 3.8) is 0 Å². The molecule has 2 aromatic rings. The summed E-state index contributed by atoms with van der Waals surface area (Å²) >= 11 is 0. The summed E-state index contributed by atoms with van der Waals surface area (Å²) in [6, 6.07) is 2.42. The molecule has 3 rings (SSSR count). The third kappa shape index (κ3) is 2.96. The van der Waals surface area contributed by atoms with E-state index in [1.165, 1.54) is 6.07 Å². The second-order valence-corrected chi connectivity index (χ2v) is 4.79. The fourth-order valence-corrected chi connectivity index (χ4v) is 2.24. The molecule has 9 heteroatoms. The molecule has 2 N–H and O–H groups in total. The molecule has 2 aromatic heterocycles. The number of hydrogen-bond acceptors (Lipinski definition) is 4. The summed E-state index contributed by atoms with van der Waals surface area (Å²) in [7, 11) is 0. The van der Waals surface area contributed by atoms with Crippen molar-refractivity contribution in [3.05, 3.63) is 24.0 Å². The minimum absolute atomic E-state index is 0.00759. The second-order valence-electron chi connectivity index (χ2n) is 4.79. The molecular weight excluding hydrogens is 313 g/mol.